The van der Waals surface area contributed by atoms with Gasteiger partial charge in [0.05, 0.1) is 13.7 Å². The lowest BCUT2D eigenvalue weighted by Gasteiger charge is -2.19. The van der Waals surface area contributed by atoms with Crippen LogP contribution in [-0.4, -0.2) is 59.0 Å². The summed E-state index contributed by atoms with van der Waals surface area (Å²) >= 11 is 0. The van der Waals surface area contributed by atoms with Gasteiger partial charge in [-0.2, -0.15) is 0 Å². The lowest BCUT2D eigenvalue weighted by atomic mass is 10.1. The first-order valence-electron chi connectivity index (χ1n) is 10.6. The molecule has 0 aliphatic carbocycles. The lowest BCUT2D eigenvalue weighted by molar-refractivity contribution is 0.128. The molecular formula is C22H38N4O2. The molecule has 6 heteroatoms. The maximum absolute atomic E-state index is 5.67. The molecule has 1 atom stereocenters. The molecule has 2 N–H and O–H groups in total. The Morgan fingerprint density at radius 3 is 2.89 bits per heavy atom. The van der Waals surface area contributed by atoms with Crippen LogP contribution in [0.2, 0.25) is 0 Å². The Morgan fingerprint density at radius 1 is 1.29 bits per heavy atom. The highest BCUT2D eigenvalue weighted by Gasteiger charge is 2.22. The SMILES string of the molecule is CCNC(=NCC1CCN(c2cccc(OC)c2)C1)NCCOCCC(C)C. The van der Waals surface area contributed by atoms with E-state index in [4.69, 9.17) is 14.5 Å². The second kappa shape index (κ2) is 12.5. The Labute approximate surface area is 170 Å². The topological polar surface area (TPSA) is 58.1 Å². The second-order valence-corrected chi connectivity index (χ2v) is 7.74. The molecule has 0 bridgehead atoms. The van der Waals surface area contributed by atoms with Crippen molar-refractivity contribution in [2.75, 3.05) is 57.9 Å². The van der Waals surface area contributed by atoms with E-state index in [0.717, 1.165) is 57.5 Å². The zero-order valence-electron chi connectivity index (χ0n) is 18.0. The summed E-state index contributed by atoms with van der Waals surface area (Å²) in [5.74, 6) is 3.06. The van der Waals surface area contributed by atoms with Crippen molar-refractivity contribution < 1.29 is 9.47 Å². The van der Waals surface area contributed by atoms with Crippen LogP contribution >= 0.6 is 0 Å². The summed E-state index contributed by atoms with van der Waals surface area (Å²) in [5.41, 5.74) is 1.23. The predicted molar refractivity (Wildman–Crippen MR) is 118 cm³/mol. The number of aliphatic imine (C=N–C) groups is 1. The smallest absolute Gasteiger partial charge is 0.191 e. The summed E-state index contributed by atoms with van der Waals surface area (Å²) in [4.78, 5) is 7.21. The zero-order valence-corrected chi connectivity index (χ0v) is 18.0. The summed E-state index contributed by atoms with van der Waals surface area (Å²) in [6.07, 6.45) is 2.28. The van der Waals surface area contributed by atoms with E-state index in [1.807, 2.05) is 6.07 Å². The van der Waals surface area contributed by atoms with E-state index in [1.54, 1.807) is 7.11 Å². The van der Waals surface area contributed by atoms with Crippen LogP contribution in [-0.2, 0) is 4.74 Å². The number of benzene rings is 1. The summed E-state index contributed by atoms with van der Waals surface area (Å²) < 4.78 is 11.0. The zero-order chi connectivity index (χ0) is 20.2. The molecule has 1 heterocycles. The number of hydrogen-bond donors (Lipinski definition) is 2. The highest BCUT2D eigenvalue weighted by atomic mass is 16.5. The van der Waals surface area contributed by atoms with Crippen molar-refractivity contribution in [2.24, 2.45) is 16.8 Å². The van der Waals surface area contributed by atoms with Gasteiger partial charge in [0.25, 0.3) is 0 Å². The summed E-state index contributed by atoms with van der Waals surface area (Å²) in [6, 6.07) is 8.30. The average Bonchev–Trinajstić information content (AvgIpc) is 3.17. The second-order valence-electron chi connectivity index (χ2n) is 7.74. The van der Waals surface area contributed by atoms with Gasteiger partial charge in [0.15, 0.2) is 5.96 Å². The highest BCUT2D eigenvalue weighted by molar-refractivity contribution is 5.79. The highest BCUT2D eigenvalue weighted by Crippen LogP contribution is 2.26. The van der Waals surface area contributed by atoms with Gasteiger partial charge in [-0.05, 0) is 43.7 Å². The largest absolute Gasteiger partial charge is 0.497 e. The minimum absolute atomic E-state index is 0.573. The molecule has 2 rings (SSSR count). The maximum Gasteiger partial charge on any atom is 0.191 e. The molecule has 1 aromatic rings. The van der Waals surface area contributed by atoms with Crippen molar-refractivity contribution in [1.82, 2.24) is 10.6 Å². The first-order chi connectivity index (χ1) is 13.6. The molecule has 1 unspecified atom stereocenters. The molecule has 28 heavy (non-hydrogen) atoms. The number of rotatable bonds is 11. The molecular weight excluding hydrogens is 352 g/mol. The van der Waals surface area contributed by atoms with Crippen LogP contribution in [0.5, 0.6) is 5.75 Å². The number of hydrogen-bond acceptors (Lipinski definition) is 4. The molecule has 0 amide bonds. The molecule has 1 fully saturated rings. The van der Waals surface area contributed by atoms with Crippen LogP contribution in [0, 0.1) is 11.8 Å². The quantitative estimate of drug-likeness (QED) is 0.345. The molecule has 158 valence electrons. The fourth-order valence-corrected chi connectivity index (χ4v) is 3.25. The molecule has 0 saturated carbocycles. The van der Waals surface area contributed by atoms with Crippen LogP contribution in [0.1, 0.15) is 33.6 Å². The number of nitrogens with zero attached hydrogens (tertiary/aromatic N) is 2. The van der Waals surface area contributed by atoms with Crippen molar-refractivity contribution in [2.45, 2.75) is 33.6 Å². The van der Waals surface area contributed by atoms with Gasteiger partial charge in [0, 0.05) is 51.1 Å². The maximum atomic E-state index is 5.67. The lowest BCUT2D eigenvalue weighted by Crippen LogP contribution is -2.39. The van der Waals surface area contributed by atoms with E-state index in [1.165, 1.54) is 12.1 Å². The predicted octanol–water partition coefficient (Wildman–Crippen LogP) is 3.14. The molecule has 6 nitrogen and oxygen atoms in total. The van der Waals surface area contributed by atoms with E-state index >= 15 is 0 Å². The van der Waals surface area contributed by atoms with E-state index in [9.17, 15) is 0 Å². The van der Waals surface area contributed by atoms with Crippen LogP contribution in [0.3, 0.4) is 0 Å². The van der Waals surface area contributed by atoms with Crippen LogP contribution in [0.25, 0.3) is 0 Å². The molecule has 1 saturated heterocycles. The fraction of sp³-hybridized carbons (Fsp3) is 0.682. The van der Waals surface area contributed by atoms with E-state index in [2.05, 4.69) is 54.5 Å². The van der Waals surface area contributed by atoms with Crippen LogP contribution in [0.15, 0.2) is 29.3 Å². The van der Waals surface area contributed by atoms with Crippen molar-refractivity contribution in [3.8, 4) is 5.75 Å². The van der Waals surface area contributed by atoms with Crippen LogP contribution in [0.4, 0.5) is 5.69 Å². The van der Waals surface area contributed by atoms with Crippen molar-refractivity contribution in [1.29, 1.82) is 0 Å². The third-order valence-corrected chi connectivity index (χ3v) is 4.93. The summed E-state index contributed by atoms with van der Waals surface area (Å²) in [6.45, 7) is 12.7. The minimum Gasteiger partial charge on any atom is -0.497 e. The monoisotopic (exact) mass is 390 g/mol. The van der Waals surface area contributed by atoms with Gasteiger partial charge in [-0.25, -0.2) is 0 Å². The third kappa shape index (κ3) is 7.97. The minimum atomic E-state index is 0.573. The Balaban J connectivity index is 1.74. The van der Waals surface area contributed by atoms with Gasteiger partial charge in [-0.3, -0.25) is 4.99 Å². The Bertz CT molecular complexity index is 592. The molecule has 0 radical (unpaired) electrons. The molecule has 0 aromatic heterocycles. The third-order valence-electron chi connectivity index (χ3n) is 4.93. The number of guanidine groups is 1. The Morgan fingerprint density at radius 2 is 2.14 bits per heavy atom. The summed E-state index contributed by atoms with van der Waals surface area (Å²) in [5, 5.41) is 6.70. The standard InChI is InChI=1S/C22H38N4O2/c1-5-23-22(24-11-14-28-13-10-18(2)3)25-16-19-9-12-26(17-19)20-7-6-8-21(15-20)27-4/h6-8,15,18-19H,5,9-14,16-17H2,1-4H3,(H2,23,24,25). The first-order valence-corrected chi connectivity index (χ1v) is 10.6. The first kappa shape index (κ1) is 22.3. The Kier molecular flexibility index (Phi) is 9.97. The molecule has 1 aromatic carbocycles. The fourth-order valence-electron chi connectivity index (χ4n) is 3.25. The van der Waals surface area contributed by atoms with Crippen molar-refractivity contribution in [3.05, 3.63) is 24.3 Å². The number of anilines is 1. The van der Waals surface area contributed by atoms with Crippen molar-refractivity contribution >= 4 is 11.6 Å². The van der Waals surface area contributed by atoms with E-state index < -0.39 is 0 Å². The van der Waals surface area contributed by atoms with Gasteiger partial charge in [0.2, 0.25) is 0 Å². The Hall–Kier alpha value is -1.95. The van der Waals surface area contributed by atoms with E-state index in [-0.39, 0.29) is 0 Å². The van der Waals surface area contributed by atoms with Gasteiger partial charge in [0.1, 0.15) is 5.75 Å². The molecule has 1 aliphatic rings. The van der Waals surface area contributed by atoms with Crippen LogP contribution < -0.4 is 20.3 Å². The van der Waals surface area contributed by atoms with Gasteiger partial charge >= 0.3 is 0 Å². The summed E-state index contributed by atoms with van der Waals surface area (Å²) in [7, 11) is 1.71. The van der Waals surface area contributed by atoms with Gasteiger partial charge < -0.3 is 25.0 Å². The van der Waals surface area contributed by atoms with Gasteiger partial charge in [-0.1, -0.05) is 19.9 Å². The number of methoxy groups -OCH3 is 1. The van der Waals surface area contributed by atoms with Crippen molar-refractivity contribution in [3.63, 3.8) is 0 Å². The average molecular weight is 391 g/mol. The number of nitrogens with one attached hydrogen (secondary N) is 2. The number of ether oxygens (including phenoxy) is 2. The van der Waals surface area contributed by atoms with Gasteiger partial charge in [-0.15, -0.1) is 0 Å². The van der Waals surface area contributed by atoms with E-state index in [0.29, 0.717) is 18.4 Å². The normalized spacial score (nSPS) is 17.2. The molecule has 1 aliphatic heterocycles. The molecule has 0 spiro atoms.